The smallest absolute Gasteiger partial charge is 0.410 e. The molecule has 0 aromatic carbocycles. The Balaban J connectivity index is 1.49. The van der Waals surface area contributed by atoms with Crippen molar-refractivity contribution in [2.24, 2.45) is 11.3 Å². The molecule has 1 aromatic heterocycles. The van der Waals surface area contributed by atoms with E-state index in [4.69, 9.17) is 22.1 Å². The number of carbonyl (C=O) groups is 1. The molecule has 2 heterocycles. The Hall–Kier alpha value is -2.00. The van der Waals surface area contributed by atoms with Crippen LogP contribution in [0.1, 0.15) is 39.2 Å². The molecule has 3 rings (SSSR count). The minimum absolute atomic E-state index is 0.143. The Kier molecular flexibility index (Phi) is 4.08. The van der Waals surface area contributed by atoms with Crippen LogP contribution in [0.15, 0.2) is 6.20 Å². The number of anilines is 1. The Labute approximate surface area is 146 Å². The summed E-state index contributed by atoms with van der Waals surface area (Å²) in [6.07, 6.45) is 3.30. The second-order valence-electron chi connectivity index (χ2n) is 7.64. The molecule has 2 aliphatic rings. The predicted molar refractivity (Wildman–Crippen MR) is 91.3 cm³/mol. The molecular formula is C17H21ClN4O2. The van der Waals surface area contributed by atoms with Crippen molar-refractivity contribution in [3.8, 4) is 11.8 Å². The second-order valence-corrected chi connectivity index (χ2v) is 8.00. The van der Waals surface area contributed by atoms with Gasteiger partial charge in [0.2, 0.25) is 5.95 Å². The molecule has 0 unspecified atom stereocenters. The van der Waals surface area contributed by atoms with E-state index in [9.17, 15) is 4.79 Å². The maximum Gasteiger partial charge on any atom is 0.410 e. The van der Waals surface area contributed by atoms with E-state index in [-0.39, 0.29) is 22.6 Å². The molecular weight excluding hydrogens is 328 g/mol. The second kappa shape index (κ2) is 5.82. The van der Waals surface area contributed by atoms with Crippen LogP contribution < -0.4 is 5.73 Å². The number of likely N-dealkylation sites (tertiary alicyclic amines) is 1. The summed E-state index contributed by atoms with van der Waals surface area (Å²) < 4.78 is 5.38. The van der Waals surface area contributed by atoms with E-state index < -0.39 is 5.60 Å². The standard InChI is InChI=1S/C17H21ClN4O2/c1-16(2,3)24-15(23)22-9-17(10-22)6-11(7-17)4-5-12-8-20-14(19)21-13(12)18/h8,11H,6-7,9-10H2,1-3H3,(H2,19,20,21). The minimum atomic E-state index is -0.451. The number of hydrogen-bond acceptors (Lipinski definition) is 5. The molecule has 1 amide bonds. The fourth-order valence-corrected chi connectivity index (χ4v) is 3.38. The lowest BCUT2D eigenvalue weighted by molar-refractivity contribution is -0.0832. The van der Waals surface area contributed by atoms with Gasteiger partial charge in [0.15, 0.2) is 0 Å². The highest BCUT2D eigenvalue weighted by atomic mass is 35.5. The molecule has 7 heteroatoms. The van der Waals surface area contributed by atoms with Gasteiger partial charge in [-0.05, 0) is 33.6 Å². The van der Waals surface area contributed by atoms with Gasteiger partial charge in [0.1, 0.15) is 10.8 Å². The highest BCUT2D eigenvalue weighted by molar-refractivity contribution is 6.30. The van der Waals surface area contributed by atoms with Crippen molar-refractivity contribution < 1.29 is 9.53 Å². The van der Waals surface area contributed by atoms with Crippen molar-refractivity contribution >= 4 is 23.6 Å². The van der Waals surface area contributed by atoms with Crippen molar-refractivity contribution in [1.82, 2.24) is 14.9 Å². The first-order valence-electron chi connectivity index (χ1n) is 7.93. The molecule has 0 atom stereocenters. The van der Waals surface area contributed by atoms with E-state index in [0.717, 1.165) is 25.9 Å². The highest BCUT2D eigenvalue weighted by Crippen LogP contribution is 2.51. The topological polar surface area (TPSA) is 81.3 Å². The largest absolute Gasteiger partial charge is 0.444 e. The molecule has 1 aliphatic carbocycles. The Morgan fingerprint density at radius 3 is 2.71 bits per heavy atom. The zero-order chi connectivity index (χ0) is 17.5. The van der Waals surface area contributed by atoms with Crippen LogP contribution in [0.2, 0.25) is 5.15 Å². The Bertz CT molecular complexity index is 718. The summed E-state index contributed by atoms with van der Waals surface area (Å²) in [6.45, 7) is 7.14. The molecule has 1 spiro atoms. The highest BCUT2D eigenvalue weighted by Gasteiger charge is 2.54. The molecule has 2 fully saturated rings. The van der Waals surface area contributed by atoms with Gasteiger partial charge < -0.3 is 15.4 Å². The number of halogens is 1. The van der Waals surface area contributed by atoms with Crippen LogP contribution in [-0.2, 0) is 4.74 Å². The third-order valence-corrected chi connectivity index (χ3v) is 4.52. The van der Waals surface area contributed by atoms with Crippen molar-refractivity contribution in [3.63, 3.8) is 0 Å². The summed E-state index contributed by atoms with van der Waals surface area (Å²) in [7, 11) is 0. The molecule has 2 N–H and O–H groups in total. The van der Waals surface area contributed by atoms with E-state index in [1.54, 1.807) is 11.1 Å². The van der Waals surface area contributed by atoms with Crippen LogP contribution in [0.25, 0.3) is 0 Å². The minimum Gasteiger partial charge on any atom is -0.444 e. The fraction of sp³-hybridized carbons (Fsp3) is 0.588. The summed E-state index contributed by atoms with van der Waals surface area (Å²) in [5.74, 6) is 6.70. The summed E-state index contributed by atoms with van der Waals surface area (Å²) in [4.78, 5) is 21.5. The Morgan fingerprint density at radius 1 is 1.46 bits per heavy atom. The summed E-state index contributed by atoms with van der Waals surface area (Å²) in [6, 6.07) is 0. The van der Waals surface area contributed by atoms with Crippen molar-refractivity contribution in [3.05, 3.63) is 16.9 Å². The molecule has 0 bridgehead atoms. The number of aromatic nitrogens is 2. The van der Waals surface area contributed by atoms with E-state index in [1.165, 1.54) is 0 Å². The van der Waals surface area contributed by atoms with Crippen LogP contribution in [0.5, 0.6) is 0 Å². The van der Waals surface area contributed by atoms with Crippen LogP contribution in [0.4, 0.5) is 10.7 Å². The zero-order valence-corrected chi connectivity index (χ0v) is 14.9. The number of carbonyl (C=O) groups excluding carboxylic acids is 1. The first-order valence-corrected chi connectivity index (χ1v) is 8.31. The number of amides is 1. The average molecular weight is 349 g/mol. The molecule has 1 saturated carbocycles. The lowest BCUT2D eigenvalue weighted by Crippen LogP contribution is -2.64. The van der Waals surface area contributed by atoms with E-state index in [2.05, 4.69) is 21.8 Å². The SMILES string of the molecule is CC(C)(C)OC(=O)N1CC2(CC(C#Cc3cnc(N)nc3Cl)C2)C1. The van der Waals surface area contributed by atoms with Crippen molar-refractivity contribution in [1.29, 1.82) is 0 Å². The maximum absolute atomic E-state index is 12.0. The normalized spacial score (nSPS) is 19.1. The molecule has 1 aliphatic heterocycles. The lowest BCUT2D eigenvalue weighted by Gasteiger charge is -2.57. The molecule has 24 heavy (non-hydrogen) atoms. The van der Waals surface area contributed by atoms with Crippen molar-refractivity contribution in [2.75, 3.05) is 18.8 Å². The number of ether oxygens (including phenoxy) is 1. The zero-order valence-electron chi connectivity index (χ0n) is 14.1. The van der Waals surface area contributed by atoms with Crippen LogP contribution in [0, 0.1) is 23.2 Å². The summed E-state index contributed by atoms with van der Waals surface area (Å²) in [5.41, 5.74) is 5.82. The Morgan fingerprint density at radius 2 is 2.12 bits per heavy atom. The monoisotopic (exact) mass is 348 g/mol. The molecule has 1 saturated heterocycles. The first kappa shape index (κ1) is 16.8. The molecule has 0 radical (unpaired) electrons. The number of nitrogens with zero attached hydrogens (tertiary/aromatic N) is 3. The third kappa shape index (κ3) is 3.57. The number of nitrogen functional groups attached to an aromatic ring is 1. The predicted octanol–water partition coefficient (Wildman–Crippen LogP) is 2.71. The van der Waals surface area contributed by atoms with Gasteiger partial charge in [-0.25, -0.2) is 9.78 Å². The van der Waals surface area contributed by atoms with E-state index in [0.29, 0.717) is 11.5 Å². The number of rotatable bonds is 0. The fourth-order valence-electron chi connectivity index (χ4n) is 3.20. The molecule has 1 aromatic rings. The van der Waals surface area contributed by atoms with Gasteiger partial charge in [-0.1, -0.05) is 23.4 Å². The maximum atomic E-state index is 12.0. The van der Waals surface area contributed by atoms with Gasteiger partial charge in [-0.3, -0.25) is 0 Å². The van der Waals surface area contributed by atoms with Gasteiger partial charge in [-0.15, -0.1) is 0 Å². The molecule has 128 valence electrons. The van der Waals surface area contributed by atoms with Crippen LogP contribution in [-0.4, -0.2) is 39.7 Å². The van der Waals surface area contributed by atoms with E-state index in [1.807, 2.05) is 20.8 Å². The van der Waals surface area contributed by atoms with Gasteiger partial charge in [0.25, 0.3) is 0 Å². The van der Waals surface area contributed by atoms with Gasteiger partial charge in [0.05, 0.1) is 5.56 Å². The van der Waals surface area contributed by atoms with E-state index >= 15 is 0 Å². The quantitative estimate of drug-likeness (QED) is 0.576. The first-order chi connectivity index (χ1) is 11.2. The summed E-state index contributed by atoms with van der Waals surface area (Å²) in [5, 5.41) is 0.281. The van der Waals surface area contributed by atoms with Crippen LogP contribution in [0.3, 0.4) is 0 Å². The van der Waals surface area contributed by atoms with Crippen LogP contribution >= 0.6 is 11.6 Å². The number of nitrogens with two attached hydrogens (primary N) is 1. The number of hydrogen-bond donors (Lipinski definition) is 1. The lowest BCUT2D eigenvalue weighted by atomic mass is 9.58. The molecule has 6 nitrogen and oxygen atoms in total. The third-order valence-electron chi connectivity index (χ3n) is 4.23. The van der Waals surface area contributed by atoms with Gasteiger partial charge >= 0.3 is 6.09 Å². The van der Waals surface area contributed by atoms with Gasteiger partial charge in [-0.2, -0.15) is 4.98 Å². The van der Waals surface area contributed by atoms with Gasteiger partial charge in [0, 0.05) is 30.6 Å². The average Bonchev–Trinajstić information content (AvgIpc) is 2.34. The van der Waals surface area contributed by atoms with Crippen molar-refractivity contribution in [2.45, 2.75) is 39.2 Å². The summed E-state index contributed by atoms with van der Waals surface area (Å²) >= 11 is 5.98.